The number of pyridine rings is 1. The molecule has 1 atom stereocenters. The summed E-state index contributed by atoms with van der Waals surface area (Å²) in [5.41, 5.74) is 6.97. The van der Waals surface area contributed by atoms with Gasteiger partial charge in [0.1, 0.15) is 5.82 Å². The van der Waals surface area contributed by atoms with E-state index in [2.05, 4.69) is 22.0 Å². The summed E-state index contributed by atoms with van der Waals surface area (Å²) < 4.78 is 0. The van der Waals surface area contributed by atoms with E-state index in [-0.39, 0.29) is 6.04 Å². The largest absolute Gasteiger partial charge is 0.353 e. The van der Waals surface area contributed by atoms with E-state index in [0.717, 1.165) is 23.3 Å². The average Bonchev–Trinajstić information content (AvgIpc) is 3.18. The van der Waals surface area contributed by atoms with Gasteiger partial charge < -0.3 is 10.6 Å². The van der Waals surface area contributed by atoms with Crippen LogP contribution in [-0.2, 0) is 0 Å². The Hall–Kier alpha value is -1.09. The molecule has 3 heteroatoms. The highest BCUT2D eigenvalue weighted by molar-refractivity contribution is 5.43. The predicted molar refractivity (Wildman–Crippen MR) is 69.9 cm³/mol. The molecule has 2 N–H and O–H groups in total. The zero-order valence-corrected chi connectivity index (χ0v) is 10.5. The molecule has 3 rings (SSSR count). The van der Waals surface area contributed by atoms with Crippen molar-refractivity contribution < 1.29 is 0 Å². The Labute approximate surface area is 103 Å². The first kappa shape index (κ1) is 11.0. The van der Waals surface area contributed by atoms with Gasteiger partial charge in [-0.25, -0.2) is 4.98 Å². The maximum Gasteiger partial charge on any atom is 0.128 e. The highest BCUT2D eigenvalue weighted by Gasteiger charge is 2.34. The molecule has 17 heavy (non-hydrogen) atoms. The average molecular weight is 231 g/mol. The zero-order chi connectivity index (χ0) is 11.8. The Morgan fingerprint density at radius 1 is 1.35 bits per heavy atom. The smallest absolute Gasteiger partial charge is 0.128 e. The Morgan fingerprint density at radius 3 is 2.59 bits per heavy atom. The number of nitrogens with zero attached hydrogens (tertiary/aromatic N) is 2. The van der Waals surface area contributed by atoms with Gasteiger partial charge in [0.2, 0.25) is 0 Å². The van der Waals surface area contributed by atoms with Gasteiger partial charge in [-0.2, -0.15) is 0 Å². The third kappa shape index (κ3) is 2.60. The van der Waals surface area contributed by atoms with E-state index in [1.807, 2.05) is 13.1 Å². The topological polar surface area (TPSA) is 42.1 Å². The number of aromatic nitrogens is 1. The molecule has 0 bridgehead atoms. The van der Waals surface area contributed by atoms with Crippen LogP contribution in [-0.4, -0.2) is 17.6 Å². The normalized spacial score (nSPS) is 21.3. The molecule has 0 saturated heterocycles. The molecule has 2 saturated carbocycles. The molecule has 92 valence electrons. The fourth-order valence-corrected chi connectivity index (χ4v) is 2.23. The summed E-state index contributed by atoms with van der Waals surface area (Å²) >= 11 is 0. The molecular formula is C14H21N3. The first-order valence-electron chi connectivity index (χ1n) is 6.72. The van der Waals surface area contributed by atoms with Crippen LogP contribution in [0.1, 0.15) is 44.2 Å². The molecule has 2 aliphatic carbocycles. The number of hydrogen-bond donors (Lipinski definition) is 1. The fourth-order valence-electron chi connectivity index (χ4n) is 2.23. The van der Waals surface area contributed by atoms with Crippen LogP contribution in [0.3, 0.4) is 0 Å². The minimum Gasteiger partial charge on any atom is -0.353 e. The van der Waals surface area contributed by atoms with Gasteiger partial charge in [0.25, 0.3) is 0 Å². The van der Waals surface area contributed by atoms with Crippen molar-refractivity contribution in [2.45, 2.75) is 44.7 Å². The summed E-state index contributed by atoms with van der Waals surface area (Å²) in [7, 11) is 0. The van der Waals surface area contributed by atoms with Crippen molar-refractivity contribution in [3.8, 4) is 0 Å². The van der Waals surface area contributed by atoms with Crippen LogP contribution in [0.2, 0.25) is 0 Å². The Bertz CT molecular complexity index is 377. The third-order valence-corrected chi connectivity index (χ3v) is 3.73. The molecule has 0 aromatic carbocycles. The number of anilines is 1. The minimum atomic E-state index is 0.0781. The second-order valence-corrected chi connectivity index (χ2v) is 5.57. The second kappa shape index (κ2) is 4.30. The highest BCUT2D eigenvalue weighted by Crippen LogP contribution is 2.37. The van der Waals surface area contributed by atoms with Gasteiger partial charge in [0, 0.05) is 24.8 Å². The van der Waals surface area contributed by atoms with Crippen LogP contribution in [0.4, 0.5) is 5.82 Å². The van der Waals surface area contributed by atoms with Crippen LogP contribution in [0.5, 0.6) is 0 Å². The van der Waals surface area contributed by atoms with Crippen molar-refractivity contribution in [2.24, 2.45) is 11.7 Å². The Balaban J connectivity index is 1.75. The first-order chi connectivity index (χ1) is 8.24. The standard InChI is InChI=1S/C14H21N3/c1-10(15)12-4-7-14(16-8-12)17(13-5-6-13)9-11-2-3-11/h4,7-8,10-11,13H,2-3,5-6,9,15H2,1H3/t10-/m0/s1. The van der Waals surface area contributed by atoms with E-state index in [0.29, 0.717) is 0 Å². The molecule has 0 unspecified atom stereocenters. The monoisotopic (exact) mass is 231 g/mol. The van der Waals surface area contributed by atoms with Crippen LogP contribution in [0.15, 0.2) is 18.3 Å². The SMILES string of the molecule is C[C@H](N)c1ccc(N(CC2CC2)C2CC2)nc1. The molecule has 1 aromatic heterocycles. The molecular weight excluding hydrogens is 210 g/mol. The molecule has 1 aromatic rings. The van der Waals surface area contributed by atoms with Crippen molar-refractivity contribution in [3.05, 3.63) is 23.9 Å². The summed E-state index contributed by atoms with van der Waals surface area (Å²) in [6.45, 7) is 3.20. The molecule has 0 radical (unpaired) electrons. The summed E-state index contributed by atoms with van der Waals surface area (Å²) in [5.74, 6) is 2.06. The zero-order valence-electron chi connectivity index (χ0n) is 10.5. The van der Waals surface area contributed by atoms with Gasteiger partial charge in [-0.3, -0.25) is 0 Å². The van der Waals surface area contributed by atoms with Crippen molar-refractivity contribution in [1.82, 2.24) is 4.98 Å². The first-order valence-corrected chi connectivity index (χ1v) is 6.72. The number of rotatable bonds is 5. The Morgan fingerprint density at radius 2 is 2.12 bits per heavy atom. The third-order valence-electron chi connectivity index (χ3n) is 3.73. The second-order valence-electron chi connectivity index (χ2n) is 5.57. The van der Waals surface area contributed by atoms with Crippen molar-refractivity contribution in [3.63, 3.8) is 0 Å². The molecule has 3 nitrogen and oxygen atoms in total. The Kier molecular flexibility index (Phi) is 2.79. The van der Waals surface area contributed by atoms with Crippen LogP contribution in [0, 0.1) is 5.92 Å². The van der Waals surface area contributed by atoms with Crippen molar-refractivity contribution in [1.29, 1.82) is 0 Å². The van der Waals surface area contributed by atoms with Gasteiger partial charge in [-0.1, -0.05) is 6.07 Å². The highest BCUT2D eigenvalue weighted by atomic mass is 15.2. The summed E-state index contributed by atoms with van der Waals surface area (Å²) in [6.07, 6.45) is 7.41. The quantitative estimate of drug-likeness (QED) is 0.846. The maximum atomic E-state index is 5.85. The number of hydrogen-bond acceptors (Lipinski definition) is 3. The van der Waals surface area contributed by atoms with Gasteiger partial charge in [0.05, 0.1) is 0 Å². The van der Waals surface area contributed by atoms with E-state index in [1.165, 1.54) is 32.2 Å². The van der Waals surface area contributed by atoms with Crippen LogP contribution in [0.25, 0.3) is 0 Å². The molecule has 0 amide bonds. The van der Waals surface area contributed by atoms with E-state index in [4.69, 9.17) is 5.73 Å². The van der Waals surface area contributed by atoms with Crippen LogP contribution < -0.4 is 10.6 Å². The van der Waals surface area contributed by atoms with E-state index in [9.17, 15) is 0 Å². The summed E-state index contributed by atoms with van der Waals surface area (Å²) in [4.78, 5) is 7.09. The van der Waals surface area contributed by atoms with E-state index >= 15 is 0 Å². The molecule has 2 fully saturated rings. The lowest BCUT2D eigenvalue weighted by molar-refractivity contribution is 0.707. The summed E-state index contributed by atoms with van der Waals surface area (Å²) in [6, 6.07) is 5.09. The summed E-state index contributed by atoms with van der Waals surface area (Å²) in [5, 5.41) is 0. The van der Waals surface area contributed by atoms with E-state index in [1.54, 1.807) is 0 Å². The maximum absolute atomic E-state index is 5.85. The lowest BCUT2D eigenvalue weighted by Gasteiger charge is -2.23. The van der Waals surface area contributed by atoms with Gasteiger partial charge >= 0.3 is 0 Å². The fraction of sp³-hybridized carbons (Fsp3) is 0.643. The molecule has 1 heterocycles. The molecule has 2 aliphatic rings. The van der Waals surface area contributed by atoms with Crippen molar-refractivity contribution >= 4 is 5.82 Å². The van der Waals surface area contributed by atoms with E-state index < -0.39 is 0 Å². The van der Waals surface area contributed by atoms with Crippen molar-refractivity contribution in [2.75, 3.05) is 11.4 Å². The predicted octanol–water partition coefficient (Wildman–Crippen LogP) is 2.48. The molecule has 0 aliphatic heterocycles. The van der Waals surface area contributed by atoms with Gasteiger partial charge in [0.15, 0.2) is 0 Å². The lowest BCUT2D eigenvalue weighted by Crippen LogP contribution is -2.28. The number of nitrogens with two attached hydrogens (primary N) is 1. The van der Waals surface area contributed by atoms with Crippen LogP contribution >= 0.6 is 0 Å². The lowest BCUT2D eigenvalue weighted by atomic mass is 10.1. The molecule has 0 spiro atoms. The van der Waals surface area contributed by atoms with Gasteiger partial charge in [-0.15, -0.1) is 0 Å². The minimum absolute atomic E-state index is 0.0781. The van der Waals surface area contributed by atoms with Gasteiger partial charge in [-0.05, 0) is 50.2 Å².